The molecule has 5 N–H and O–H groups in total. The third kappa shape index (κ3) is 7.31. The third-order valence-corrected chi connectivity index (χ3v) is 4.44. The van der Waals surface area contributed by atoms with E-state index in [-0.39, 0.29) is 5.84 Å². The van der Waals surface area contributed by atoms with E-state index in [1.165, 1.54) is 0 Å². The molecule has 0 amide bonds. The van der Waals surface area contributed by atoms with E-state index in [0.29, 0.717) is 18.2 Å². The molecule has 1 atom stereocenters. The lowest BCUT2D eigenvalue weighted by molar-refractivity contribution is -0.138. The number of aliphatic carboxylic acids is 1. The van der Waals surface area contributed by atoms with Gasteiger partial charge in [-0.1, -0.05) is 60.7 Å². The molecule has 0 fully saturated rings. The summed E-state index contributed by atoms with van der Waals surface area (Å²) in [4.78, 5) is 11.8. The fraction of sp³-hybridized carbons (Fsp3) is 0.182. The highest BCUT2D eigenvalue weighted by Crippen LogP contribution is 2.26. The molecular weight excluding hydrogens is 404 g/mol. The molecule has 0 saturated heterocycles. The van der Waals surface area contributed by atoms with Gasteiger partial charge >= 0.3 is 5.97 Å². The van der Waals surface area contributed by atoms with Gasteiger partial charge in [0.25, 0.3) is 10.1 Å². The first-order valence-electron chi connectivity index (χ1n) is 9.12. The average Bonchev–Trinajstić information content (AvgIpc) is 2.67. The first-order valence-corrected chi connectivity index (χ1v) is 11.0. The molecule has 8 heteroatoms. The number of nitrogen functional groups attached to an aromatic ring is 1. The number of nitrogens with one attached hydrogen (secondary N) is 1. The summed E-state index contributed by atoms with van der Waals surface area (Å²) in [7, 11) is -3.67. The van der Waals surface area contributed by atoms with Crippen molar-refractivity contribution in [3.8, 4) is 0 Å². The Morgan fingerprint density at radius 1 is 1.03 bits per heavy atom. The van der Waals surface area contributed by atoms with Crippen LogP contribution in [0.4, 0.5) is 0 Å². The number of aryl methyl sites for hydroxylation is 1. The number of carbonyl (C=O) groups is 1. The number of carboxylic acid groups (broad SMARTS) is 1. The van der Waals surface area contributed by atoms with Crippen molar-refractivity contribution in [1.82, 2.24) is 0 Å². The van der Waals surface area contributed by atoms with Gasteiger partial charge in [-0.2, -0.15) is 8.42 Å². The topological polar surface area (TPSA) is 142 Å². The summed E-state index contributed by atoms with van der Waals surface area (Å²) in [6.07, 6.45) is 1.99. The summed E-state index contributed by atoms with van der Waals surface area (Å²) in [6.45, 7) is 0. The molecule has 0 aromatic heterocycles. The molecule has 30 heavy (non-hydrogen) atoms. The van der Waals surface area contributed by atoms with Crippen LogP contribution in [0.5, 0.6) is 0 Å². The number of hydrogen-bond donors (Lipinski definition) is 4. The van der Waals surface area contributed by atoms with Gasteiger partial charge in [0.05, 0.1) is 12.2 Å². The molecule has 0 saturated carbocycles. The Hall–Kier alpha value is -3.23. The minimum Gasteiger partial charge on any atom is -0.481 e. The quantitative estimate of drug-likeness (QED) is 0.269. The van der Waals surface area contributed by atoms with Crippen LogP contribution in [0.25, 0.3) is 10.8 Å². The van der Waals surface area contributed by atoms with E-state index in [0.717, 1.165) is 28.3 Å². The number of rotatable bonds is 6. The molecule has 0 spiro atoms. The van der Waals surface area contributed by atoms with Crippen LogP contribution in [0.15, 0.2) is 66.7 Å². The monoisotopic (exact) mass is 428 g/mol. The Morgan fingerprint density at radius 3 is 2.17 bits per heavy atom. The molecule has 3 aromatic carbocycles. The van der Waals surface area contributed by atoms with E-state index in [1.807, 2.05) is 60.7 Å². The molecule has 0 aliphatic rings. The summed E-state index contributed by atoms with van der Waals surface area (Å²) in [5.74, 6) is -1.33. The van der Waals surface area contributed by atoms with Gasteiger partial charge in [-0.05, 0) is 40.8 Å². The highest BCUT2D eigenvalue weighted by atomic mass is 32.2. The fourth-order valence-corrected chi connectivity index (χ4v) is 3.04. The van der Waals surface area contributed by atoms with Crippen molar-refractivity contribution in [3.05, 3.63) is 83.4 Å². The maximum absolute atomic E-state index is 11.8. The SMILES string of the molecule is CS(=O)(=O)O.N=C(N)c1ccc2cc(C(CCc3ccccc3)C(=O)O)ccc2c1. The first-order chi connectivity index (χ1) is 14.0. The van der Waals surface area contributed by atoms with Crippen molar-refractivity contribution in [3.63, 3.8) is 0 Å². The van der Waals surface area contributed by atoms with Gasteiger partial charge in [0.15, 0.2) is 0 Å². The van der Waals surface area contributed by atoms with Crippen molar-refractivity contribution in [2.24, 2.45) is 5.73 Å². The van der Waals surface area contributed by atoms with Gasteiger partial charge in [-0.25, -0.2) is 0 Å². The maximum atomic E-state index is 11.8. The number of benzene rings is 3. The van der Waals surface area contributed by atoms with Crippen LogP contribution in [-0.4, -0.2) is 36.1 Å². The summed E-state index contributed by atoms with van der Waals surface area (Å²) >= 11 is 0. The second kappa shape index (κ2) is 10.00. The van der Waals surface area contributed by atoms with Crippen molar-refractivity contribution >= 4 is 32.7 Å². The van der Waals surface area contributed by atoms with E-state index >= 15 is 0 Å². The molecule has 0 heterocycles. The number of carboxylic acids is 1. The van der Waals surface area contributed by atoms with Crippen LogP contribution in [-0.2, 0) is 21.3 Å². The Kier molecular flexibility index (Phi) is 7.68. The Morgan fingerprint density at radius 2 is 1.60 bits per heavy atom. The van der Waals surface area contributed by atoms with Crippen molar-refractivity contribution in [2.45, 2.75) is 18.8 Å². The highest BCUT2D eigenvalue weighted by molar-refractivity contribution is 7.85. The third-order valence-electron chi connectivity index (χ3n) is 4.44. The summed E-state index contributed by atoms with van der Waals surface area (Å²) in [5, 5.41) is 19.1. The maximum Gasteiger partial charge on any atom is 0.310 e. The molecule has 3 aromatic rings. The Balaban J connectivity index is 0.000000575. The number of nitrogens with two attached hydrogens (primary N) is 1. The standard InChI is InChI=1S/C21H20N2O2.CH4O3S/c22-20(23)18-10-8-15-12-17(9-7-16(15)13-18)19(21(24)25)11-6-14-4-2-1-3-5-14;1-5(2,3)4/h1-5,7-10,12-13,19H,6,11H2,(H3,22,23)(H,24,25);1H3,(H,2,3,4). The van der Waals surface area contributed by atoms with Crippen LogP contribution < -0.4 is 5.73 Å². The van der Waals surface area contributed by atoms with Crippen molar-refractivity contribution in [2.75, 3.05) is 6.26 Å². The number of fused-ring (bicyclic) bond motifs is 1. The number of hydrogen-bond acceptors (Lipinski definition) is 4. The molecule has 158 valence electrons. The molecule has 0 aliphatic heterocycles. The molecule has 0 aliphatic carbocycles. The van der Waals surface area contributed by atoms with E-state index in [9.17, 15) is 18.3 Å². The summed E-state index contributed by atoms with van der Waals surface area (Å²) in [5.41, 5.74) is 8.13. The van der Waals surface area contributed by atoms with Crippen LogP contribution in [0.2, 0.25) is 0 Å². The highest BCUT2D eigenvalue weighted by Gasteiger charge is 2.20. The lowest BCUT2D eigenvalue weighted by atomic mass is 9.90. The lowest BCUT2D eigenvalue weighted by Crippen LogP contribution is -2.13. The van der Waals surface area contributed by atoms with Gasteiger partial charge in [0.2, 0.25) is 0 Å². The van der Waals surface area contributed by atoms with Gasteiger partial charge in [0, 0.05) is 5.56 Å². The largest absolute Gasteiger partial charge is 0.481 e. The van der Waals surface area contributed by atoms with Crippen molar-refractivity contribution < 1.29 is 22.9 Å². The predicted octanol–water partition coefficient (Wildman–Crippen LogP) is 3.43. The molecule has 3 rings (SSSR count). The number of amidine groups is 1. The van der Waals surface area contributed by atoms with Crippen LogP contribution in [0.3, 0.4) is 0 Å². The molecule has 0 radical (unpaired) electrons. The zero-order valence-electron chi connectivity index (χ0n) is 16.4. The van der Waals surface area contributed by atoms with E-state index in [4.69, 9.17) is 15.7 Å². The zero-order valence-corrected chi connectivity index (χ0v) is 17.3. The van der Waals surface area contributed by atoms with Gasteiger partial charge in [-0.3, -0.25) is 14.8 Å². The van der Waals surface area contributed by atoms with Gasteiger partial charge in [-0.15, -0.1) is 0 Å². The summed E-state index contributed by atoms with van der Waals surface area (Å²) in [6, 6.07) is 21.1. The molecule has 0 bridgehead atoms. The fourth-order valence-electron chi connectivity index (χ4n) is 3.04. The van der Waals surface area contributed by atoms with Crippen LogP contribution >= 0.6 is 0 Å². The average molecular weight is 429 g/mol. The Bertz CT molecular complexity index is 1140. The van der Waals surface area contributed by atoms with E-state index in [2.05, 4.69) is 0 Å². The van der Waals surface area contributed by atoms with Gasteiger partial charge < -0.3 is 10.8 Å². The smallest absolute Gasteiger partial charge is 0.310 e. The second-order valence-electron chi connectivity index (χ2n) is 6.88. The second-order valence-corrected chi connectivity index (χ2v) is 8.35. The predicted molar refractivity (Wildman–Crippen MR) is 118 cm³/mol. The van der Waals surface area contributed by atoms with E-state index in [1.54, 1.807) is 6.07 Å². The zero-order chi connectivity index (χ0) is 22.3. The minimum absolute atomic E-state index is 0.0252. The van der Waals surface area contributed by atoms with Gasteiger partial charge in [0.1, 0.15) is 5.84 Å². The minimum atomic E-state index is -3.67. The van der Waals surface area contributed by atoms with E-state index < -0.39 is 22.0 Å². The molecular formula is C22H24N2O5S. The first kappa shape index (κ1) is 23.1. The lowest BCUT2D eigenvalue weighted by Gasteiger charge is -2.14. The molecule has 1 unspecified atom stereocenters. The van der Waals surface area contributed by atoms with Crippen molar-refractivity contribution in [1.29, 1.82) is 5.41 Å². The van der Waals surface area contributed by atoms with Crippen LogP contribution in [0.1, 0.15) is 29.0 Å². The normalized spacial score (nSPS) is 11.9. The Labute approximate surface area is 175 Å². The van der Waals surface area contributed by atoms with Crippen LogP contribution in [0, 0.1) is 5.41 Å². The summed E-state index contributed by atoms with van der Waals surface area (Å²) < 4.78 is 25.9. The molecule has 7 nitrogen and oxygen atoms in total.